The molecule has 0 saturated heterocycles. The minimum absolute atomic E-state index is 0.336. The van der Waals surface area contributed by atoms with Crippen molar-refractivity contribution in [1.82, 2.24) is 9.78 Å². The van der Waals surface area contributed by atoms with Crippen LogP contribution >= 0.6 is 11.6 Å². The molecule has 1 heterocycles. The van der Waals surface area contributed by atoms with Crippen molar-refractivity contribution in [2.45, 2.75) is 44.6 Å². The van der Waals surface area contributed by atoms with Crippen molar-refractivity contribution in [2.75, 3.05) is 0 Å². The zero-order valence-corrected chi connectivity index (χ0v) is 13.5. The number of fused-ring (bicyclic) bond motifs is 1. The van der Waals surface area contributed by atoms with Crippen LogP contribution in [0.4, 0.5) is 0 Å². The zero-order valence-electron chi connectivity index (χ0n) is 12.7. The summed E-state index contributed by atoms with van der Waals surface area (Å²) in [6.07, 6.45) is 4.83. The quantitative estimate of drug-likeness (QED) is 0.945. The second-order valence-corrected chi connectivity index (χ2v) is 6.41. The van der Waals surface area contributed by atoms with Crippen molar-refractivity contribution in [3.05, 3.63) is 51.8 Å². The lowest BCUT2D eigenvalue weighted by atomic mass is 9.74. The highest BCUT2D eigenvalue weighted by atomic mass is 35.5. The van der Waals surface area contributed by atoms with Gasteiger partial charge in [0.1, 0.15) is 0 Å². The highest BCUT2D eigenvalue weighted by molar-refractivity contribution is 6.31. The summed E-state index contributed by atoms with van der Waals surface area (Å²) in [7, 11) is 1.96. The molecule has 3 nitrogen and oxygen atoms in total. The Morgan fingerprint density at radius 2 is 2.14 bits per heavy atom. The van der Waals surface area contributed by atoms with Crippen molar-refractivity contribution < 1.29 is 0 Å². The highest BCUT2D eigenvalue weighted by Crippen LogP contribution is 2.37. The Hall–Kier alpha value is -1.32. The van der Waals surface area contributed by atoms with Crippen molar-refractivity contribution in [3.63, 3.8) is 0 Å². The Kier molecular flexibility index (Phi) is 3.80. The van der Waals surface area contributed by atoms with Gasteiger partial charge in [0.05, 0.1) is 16.4 Å². The number of rotatable bonds is 3. The third-order valence-electron chi connectivity index (χ3n) is 4.61. The van der Waals surface area contributed by atoms with Gasteiger partial charge in [0.2, 0.25) is 0 Å². The molecule has 0 spiro atoms. The van der Waals surface area contributed by atoms with E-state index in [1.807, 2.05) is 11.7 Å². The summed E-state index contributed by atoms with van der Waals surface area (Å²) >= 11 is 6.50. The first-order valence-electron chi connectivity index (χ1n) is 7.62. The average molecular weight is 304 g/mol. The molecule has 1 aromatic carbocycles. The molecular weight excluding hydrogens is 282 g/mol. The van der Waals surface area contributed by atoms with Gasteiger partial charge in [-0.3, -0.25) is 4.68 Å². The van der Waals surface area contributed by atoms with Crippen LogP contribution in [0.2, 0.25) is 5.02 Å². The molecule has 1 unspecified atom stereocenters. The number of aromatic nitrogens is 2. The molecule has 1 aliphatic carbocycles. The summed E-state index contributed by atoms with van der Waals surface area (Å²) in [6, 6.07) is 8.53. The van der Waals surface area contributed by atoms with Gasteiger partial charge in [-0.1, -0.05) is 42.8 Å². The average Bonchev–Trinajstić information content (AvgIpc) is 2.75. The largest absolute Gasteiger partial charge is 0.321 e. The molecule has 0 amide bonds. The maximum absolute atomic E-state index is 6.79. The molecular formula is C17H22ClN3. The van der Waals surface area contributed by atoms with E-state index in [-0.39, 0.29) is 5.54 Å². The summed E-state index contributed by atoms with van der Waals surface area (Å²) in [5.74, 6) is 0. The standard InChI is InChI=1S/C17H22ClN3/c1-3-14-16(18)15(21(2)20-14)11-17(19)10-6-8-12-7-4-5-9-13(12)17/h4-5,7,9H,3,6,8,10-11,19H2,1-2H3. The van der Waals surface area contributed by atoms with E-state index in [0.717, 1.165) is 48.5 Å². The Morgan fingerprint density at radius 3 is 2.86 bits per heavy atom. The Morgan fingerprint density at radius 1 is 1.38 bits per heavy atom. The summed E-state index contributed by atoms with van der Waals surface area (Å²) in [4.78, 5) is 0. The van der Waals surface area contributed by atoms with E-state index in [1.54, 1.807) is 0 Å². The molecule has 0 aliphatic heterocycles. The van der Waals surface area contributed by atoms with E-state index >= 15 is 0 Å². The van der Waals surface area contributed by atoms with Crippen LogP contribution in [0.15, 0.2) is 24.3 Å². The van der Waals surface area contributed by atoms with Gasteiger partial charge >= 0.3 is 0 Å². The third-order valence-corrected chi connectivity index (χ3v) is 5.04. The van der Waals surface area contributed by atoms with Crippen LogP contribution in [0.5, 0.6) is 0 Å². The molecule has 1 atom stereocenters. The number of halogens is 1. The molecule has 2 N–H and O–H groups in total. The summed E-state index contributed by atoms with van der Waals surface area (Å²) < 4.78 is 1.90. The van der Waals surface area contributed by atoms with Crippen LogP contribution in [0.1, 0.15) is 42.3 Å². The van der Waals surface area contributed by atoms with Gasteiger partial charge in [0.15, 0.2) is 0 Å². The van der Waals surface area contributed by atoms with Gasteiger partial charge in [-0.2, -0.15) is 5.10 Å². The van der Waals surface area contributed by atoms with Crippen molar-refractivity contribution in [3.8, 4) is 0 Å². The molecule has 0 fully saturated rings. The Balaban J connectivity index is 2.00. The van der Waals surface area contributed by atoms with Gasteiger partial charge in [-0.15, -0.1) is 0 Å². The minimum Gasteiger partial charge on any atom is -0.321 e. The van der Waals surface area contributed by atoms with E-state index in [1.165, 1.54) is 11.1 Å². The van der Waals surface area contributed by atoms with Gasteiger partial charge in [-0.25, -0.2) is 0 Å². The molecule has 1 aromatic heterocycles. The first-order valence-corrected chi connectivity index (χ1v) is 8.00. The van der Waals surface area contributed by atoms with E-state index in [0.29, 0.717) is 0 Å². The predicted molar refractivity (Wildman–Crippen MR) is 86.5 cm³/mol. The van der Waals surface area contributed by atoms with E-state index in [2.05, 4.69) is 36.3 Å². The van der Waals surface area contributed by atoms with Crippen LogP contribution in [0.25, 0.3) is 0 Å². The number of hydrogen-bond acceptors (Lipinski definition) is 2. The number of aryl methyl sites for hydroxylation is 3. The smallest absolute Gasteiger partial charge is 0.0850 e. The highest BCUT2D eigenvalue weighted by Gasteiger charge is 2.34. The van der Waals surface area contributed by atoms with Crippen LogP contribution in [0.3, 0.4) is 0 Å². The Bertz CT molecular complexity index is 662. The molecule has 4 heteroatoms. The van der Waals surface area contributed by atoms with Crippen LogP contribution in [0, 0.1) is 0 Å². The Labute approximate surface area is 131 Å². The predicted octanol–water partition coefficient (Wildman–Crippen LogP) is 3.37. The fourth-order valence-corrected chi connectivity index (χ4v) is 3.81. The maximum atomic E-state index is 6.79. The lowest BCUT2D eigenvalue weighted by Crippen LogP contribution is -2.42. The number of hydrogen-bond donors (Lipinski definition) is 1. The van der Waals surface area contributed by atoms with E-state index in [4.69, 9.17) is 17.3 Å². The lowest BCUT2D eigenvalue weighted by Gasteiger charge is -2.36. The van der Waals surface area contributed by atoms with Crippen LogP contribution < -0.4 is 5.73 Å². The number of benzene rings is 1. The first-order chi connectivity index (χ1) is 10.0. The normalized spacial score (nSPS) is 21.3. The molecule has 112 valence electrons. The van der Waals surface area contributed by atoms with Gasteiger partial charge in [0, 0.05) is 19.0 Å². The summed E-state index contributed by atoms with van der Waals surface area (Å²) in [5.41, 5.74) is 11.1. The third kappa shape index (κ3) is 2.49. The van der Waals surface area contributed by atoms with E-state index in [9.17, 15) is 0 Å². The fraction of sp³-hybridized carbons (Fsp3) is 0.471. The van der Waals surface area contributed by atoms with Crippen molar-refractivity contribution in [1.29, 1.82) is 0 Å². The molecule has 0 bridgehead atoms. The SMILES string of the molecule is CCc1nn(C)c(CC2(N)CCCc3ccccc32)c1Cl. The topological polar surface area (TPSA) is 43.8 Å². The molecule has 0 radical (unpaired) electrons. The zero-order chi connectivity index (χ0) is 15.0. The number of nitrogens with two attached hydrogens (primary N) is 1. The second-order valence-electron chi connectivity index (χ2n) is 6.03. The summed E-state index contributed by atoms with van der Waals surface area (Å²) in [5, 5.41) is 5.30. The first kappa shape index (κ1) is 14.6. The van der Waals surface area contributed by atoms with Crippen molar-refractivity contribution >= 4 is 11.6 Å². The number of nitrogens with zero attached hydrogens (tertiary/aromatic N) is 2. The molecule has 21 heavy (non-hydrogen) atoms. The van der Waals surface area contributed by atoms with E-state index < -0.39 is 0 Å². The second kappa shape index (κ2) is 5.47. The lowest BCUT2D eigenvalue weighted by molar-refractivity contribution is 0.361. The maximum Gasteiger partial charge on any atom is 0.0850 e. The molecule has 3 rings (SSSR count). The van der Waals surface area contributed by atoms with Gasteiger partial charge in [0.25, 0.3) is 0 Å². The van der Waals surface area contributed by atoms with Gasteiger partial charge in [-0.05, 0) is 36.8 Å². The monoisotopic (exact) mass is 303 g/mol. The summed E-state index contributed by atoms with van der Waals surface area (Å²) in [6.45, 7) is 2.08. The van der Waals surface area contributed by atoms with Crippen LogP contribution in [-0.4, -0.2) is 9.78 Å². The van der Waals surface area contributed by atoms with Gasteiger partial charge < -0.3 is 5.73 Å². The molecule has 2 aromatic rings. The molecule has 0 saturated carbocycles. The van der Waals surface area contributed by atoms with Crippen LogP contribution in [-0.2, 0) is 31.8 Å². The minimum atomic E-state index is -0.336. The molecule has 1 aliphatic rings. The van der Waals surface area contributed by atoms with Crippen molar-refractivity contribution in [2.24, 2.45) is 12.8 Å². The fourth-order valence-electron chi connectivity index (χ4n) is 3.45.